The van der Waals surface area contributed by atoms with Gasteiger partial charge in [-0.15, -0.1) is 0 Å². The number of nitrogens with two attached hydrogens (primary N) is 1. The van der Waals surface area contributed by atoms with Crippen LogP contribution in [-0.2, 0) is 11.3 Å². The van der Waals surface area contributed by atoms with E-state index in [1.54, 1.807) is 7.11 Å². The van der Waals surface area contributed by atoms with Gasteiger partial charge in [0.05, 0.1) is 35.6 Å². The van der Waals surface area contributed by atoms with Gasteiger partial charge in [0.25, 0.3) is 0 Å². The van der Waals surface area contributed by atoms with Crippen molar-refractivity contribution in [2.75, 3.05) is 13.7 Å². The SMILES string of the molecule is CCC1CCC(C(N)c2c(Br)cnn2CCOC)CC1. The fourth-order valence-corrected chi connectivity index (χ4v) is 3.80. The van der Waals surface area contributed by atoms with Crippen molar-refractivity contribution in [3.63, 3.8) is 0 Å². The maximum atomic E-state index is 6.54. The molecule has 0 amide bonds. The van der Waals surface area contributed by atoms with Crippen LogP contribution in [0.3, 0.4) is 0 Å². The van der Waals surface area contributed by atoms with Crippen molar-refractivity contribution in [2.45, 2.75) is 51.6 Å². The van der Waals surface area contributed by atoms with E-state index >= 15 is 0 Å². The van der Waals surface area contributed by atoms with E-state index in [1.807, 2.05) is 10.9 Å². The molecule has 0 aromatic carbocycles. The van der Waals surface area contributed by atoms with E-state index in [0.29, 0.717) is 12.5 Å². The van der Waals surface area contributed by atoms with Crippen molar-refractivity contribution in [1.29, 1.82) is 0 Å². The van der Waals surface area contributed by atoms with Gasteiger partial charge in [0.15, 0.2) is 0 Å². The Labute approximate surface area is 130 Å². The zero-order valence-corrected chi connectivity index (χ0v) is 14.1. The molecule has 1 saturated carbocycles. The van der Waals surface area contributed by atoms with Crippen molar-refractivity contribution >= 4 is 15.9 Å². The molecule has 114 valence electrons. The van der Waals surface area contributed by atoms with Crippen LogP contribution in [0.1, 0.15) is 50.8 Å². The van der Waals surface area contributed by atoms with Crippen molar-refractivity contribution in [1.82, 2.24) is 9.78 Å². The van der Waals surface area contributed by atoms with E-state index in [0.717, 1.165) is 22.6 Å². The third-order valence-corrected chi connectivity index (χ3v) is 5.24. The van der Waals surface area contributed by atoms with Gasteiger partial charge in [-0.2, -0.15) is 5.10 Å². The summed E-state index contributed by atoms with van der Waals surface area (Å²) >= 11 is 3.60. The molecule has 2 rings (SSSR count). The van der Waals surface area contributed by atoms with Crippen LogP contribution in [0.5, 0.6) is 0 Å². The lowest BCUT2D eigenvalue weighted by atomic mass is 9.77. The quantitative estimate of drug-likeness (QED) is 0.859. The predicted molar refractivity (Wildman–Crippen MR) is 84.5 cm³/mol. The molecule has 2 N–H and O–H groups in total. The first-order chi connectivity index (χ1) is 9.67. The molecule has 5 heteroatoms. The molecule has 1 atom stereocenters. The number of rotatable bonds is 6. The van der Waals surface area contributed by atoms with Crippen molar-refractivity contribution in [3.8, 4) is 0 Å². The van der Waals surface area contributed by atoms with E-state index in [4.69, 9.17) is 10.5 Å². The van der Waals surface area contributed by atoms with Crippen molar-refractivity contribution < 1.29 is 4.74 Å². The van der Waals surface area contributed by atoms with Gasteiger partial charge < -0.3 is 10.5 Å². The number of hydrogen-bond acceptors (Lipinski definition) is 3. The summed E-state index contributed by atoms with van der Waals surface area (Å²) in [5, 5.41) is 4.41. The summed E-state index contributed by atoms with van der Waals surface area (Å²) in [6, 6.07) is 0.0709. The summed E-state index contributed by atoms with van der Waals surface area (Å²) in [6.07, 6.45) is 8.26. The van der Waals surface area contributed by atoms with E-state index in [-0.39, 0.29) is 6.04 Å². The fourth-order valence-electron chi connectivity index (χ4n) is 3.24. The third kappa shape index (κ3) is 3.62. The van der Waals surface area contributed by atoms with Gasteiger partial charge in [-0.3, -0.25) is 4.68 Å². The van der Waals surface area contributed by atoms with Gasteiger partial charge in [0.2, 0.25) is 0 Å². The largest absolute Gasteiger partial charge is 0.383 e. The molecular formula is C15H26BrN3O. The van der Waals surface area contributed by atoms with Gasteiger partial charge >= 0.3 is 0 Å². The minimum Gasteiger partial charge on any atom is -0.383 e. The first kappa shape index (κ1) is 16.0. The number of nitrogens with zero attached hydrogens (tertiary/aromatic N) is 2. The molecule has 0 aliphatic heterocycles. The lowest BCUT2D eigenvalue weighted by molar-refractivity contribution is 0.179. The predicted octanol–water partition coefficient (Wildman–Crippen LogP) is 3.51. The maximum absolute atomic E-state index is 6.54. The third-order valence-electron chi connectivity index (χ3n) is 4.63. The Morgan fingerprint density at radius 3 is 2.75 bits per heavy atom. The zero-order chi connectivity index (χ0) is 14.5. The summed E-state index contributed by atoms with van der Waals surface area (Å²) in [5.74, 6) is 1.48. The molecule has 1 heterocycles. The topological polar surface area (TPSA) is 53.1 Å². The molecule has 1 fully saturated rings. The molecule has 1 aromatic rings. The van der Waals surface area contributed by atoms with E-state index in [2.05, 4.69) is 28.0 Å². The number of halogens is 1. The average molecular weight is 344 g/mol. The van der Waals surface area contributed by atoms with E-state index in [9.17, 15) is 0 Å². The Balaban J connectivity index is 2.05. The minimum atomic E-state index is 0.0709. The molecule has 1 aliphatic carbocycles. The Hall–Kier alpha value is -0.390. The molecule has 0 bridgehead atoms. The number of methoxy groups -OCH3 is 1. The normalized spacial score (nSPS) is 24.8. The highest BCUT2D eigenvalue weighted by Crippen LogP contribution is 2.38. The summed E-state index contributed by atoms with van der Waals surface area (Å²) in [7, 11) is 1.71. The number of ether oxygens (including phenoxy) is 1. The second kappa shape index (κ2) is 7.57. The molecule has 1 aliphatic rings. The van der Waals surface area contributed by atoms with Crippen LogP contribution in [0.2, 0.25) is 0 Å². The number of hydrogen-bond donors (Lipinski definition) is 1. The minimum absolute atomic E-state index is 0.0709. The Bertz CT molecular complexity index is 413. The van der Waals surface area contributed by atoms with Crippen LogP contribution < -0.4 is 5.73 Å². The van der Waals surface area contributed by atoms with Crippen molar-refractivity contribution in [3.05, 3.63) is 16.4 Å². The van der Waals surface area contributed by atoms with Crippen LogP contribution in [0.15, 0.2) is 10.7 Å². The first-order valence-corrected chi connectivity index (χ1v) is 8.42. The molecule has 4 nitrogen and oxygen atoms in total. The Kier molecular flexibility index (Phi) is 6.05. The summed E-state index contributed by atoms with van der Waals surface area (Å²) in [6.45, 7) is 3.72. The second-order valence-corrected chi connectivity index (χ2v) is 6.66. The molecule has 0 radical (unpaired) electrons. The van der Waals surface area contributed by atoms with Crippen LogP contribution in [-0.4, -0.2) is 23.5 Å². The van der Waals surface area contributed by atoms with Crippen LogP contribution in [0, 0.1) is 11.8 Å². The highest BCUT2D eigenvalue weighted by molar-refractivity contribution is 9.10. The molecule has 0 saturated heterocycles. The van der Waals surface area contributed by atoms with Crippen LogP contribution in [0.4, 0.5) is 0 Å². The van der Waals surface area contributed by atoms with Crippen LogP contribution in [0.25, 0.3) is 0 Å². The second-order valence-electron chi connectivity index (χ2n) is 5.81. The van der Waals surface area contributed by atoms with Gasteiger partial charge in [-0.05, 0) is 40.6 Å². The summed E-state index contributed by atoms with van der Waals surface area (Å²) in [4.78, 5) is 0. The molecular weight excluding hydrogens is 318 g/mol. The van der Waals surface area contributed by atoms with Crippen LogP contribution >= 0.6 is 15.9 Å². The molecule has 20 heavy (non-hydrogen) atoms. The van der Waals surface area contributed by atoms with E-state index < -0.39 is 0 Å². The standard InChI is InChI=1S/C15H26BrN3O/c1-3-11-4-6-12(7-5-11)14(17)15-13(16)10-18-19(15)8-9-20-2/h10-12,14H,3-9,17H2,1-2H3. The zero-order valence-electron chi connectivity index (χ0n) is 12.5. The van der Waals surface area contributed by atoms with Gasteiger partial charge in [0.1, 0.15) is 0 Å². The maximum Gasteiger partial charge on any atom is 0.0697 e. The first-order valence-electron chi connectivity index (χ1n) is 7.63. The van der Waals surface area contributed by atoms with Gasteiger partial charge in [0, 0.05) is 7.11 Å². The molecule has 0 spiro atoms. The Morgan fingerprint density at radius 2 is 2.15 bits per heavy atom. The lowest BCUT2D eigenvalue weighted by Crippen LogP contribution is -2.28. The smallest absolute Gasteiger partial charge is 0.0697 e. The monoisotopic (exact) mass is 343 g/mol. The number of aromatic nitrogens is 2. The highest BCUT2D eigenvalue weighted by Gasteiger charge is 2.29. The van der Waals surface area contributed by atoms with Gasteiger partial charge in [-0.25, -0.2) is 0 Å². The lowest BCUT2D eigenvalue weighted by Gasteiger charge is -2.32. The van der Waals surface area contributed by atoms with Crippen molar-refractivity contribution in [2.24, 2.45) is 17.6 Å². The van der Waals surface area contributed by atoms with E-state index in [1.165, 1.54) is 32.1 Å². The molecule has 1 aromatic heterocycles. The fraction of sp³-hybridized carbons (Fsp3) is 0.800. The average Bonchev–Trinajstić information content (AvgIpc) is 2.85. The highest BCUT2D eigenvalue weighted by atomic mass is 79.9. The summed E-state index contributed by atoms with van der Waals surface area (Å²) in [5.41, 5.74) is 7.67. The summed E-state index contributed by atoms with van der Waals surface area (Å²) < 4.78 is 8.16. The van der Waals surface area contributed by atoms with Gasteiger partial charge in [-0.1, -0.05) is 26.2 Å². The Morgan fingerprint density at radius 1 is 1.45 bits per heavy atom. The molecule has 1 unspecified atom stereocenters.